The van der Waals surface area contributed by atoms with Crippen LogP contribution in [0.4, 0.5) is 0 Å². The van der Waals surface area contributed by atoms with E-state index < -0.39 is 17.9 Å². The number of ether oxygens (including phenoxy) is 4. The van der Waals surface area contributed by atoms with E-state index in [-0.39, 0.29) is 6.61 Å². The maximum atomic E-state index is 13.6. The van der Waals surface area contributed by atoms with E-state index in [0.717, 1.165) is 77.0 Å². The molecule has 0 aliphatic carbocycles. The molecule has 244 valence electrons. The van der Waals surface area contributed by atoms with Gasteiger partial charge in [-0.2, -0.15) is 0 Å². The highest BCUT2D eigenvalue weighted by Gasteiger charge is 2.51. The molecule has 5 heteroatoms. The Morgan fingerprint density at radius 3 is 1.41 bits per heavy atom. The molecule has 0 spiro atoms. The van der Waals surface area contributed by atoms with Crippen LogP contribution >= 0.6 is 0 Å². The second kappa shape index (κ2) is 30.5. The standard InChI is InChI=1S/C36H70O5/c1-6-11-15-16-17-18-19-20-21-22-23-24-25-29-34(38-31-26-12-7-2)36(35(37)39-30-10-5,40-32-27-13-8-3)41-33-28-14-9-4/h10,34H,5-9,11-33H2,1-4H3. The van der Waals surface area contributed by atoms with Gasteiger partial charge in [0, 0.05) is 6.61 Å². The minimum atomic E-state index is -1.52. The van der Waals surface area contributed by atoms with E-state index in [0.29, 0.717) is 19.8 Å². The number of hydrogen-bond acceptors (Lipinski definition) is 5. The van der Waals surface area contributed by atoms with Gasteiger partial charge >= 0.3 is 5.97 Å². The number of hydrogen-bond donors (Lipinski definition) is 0. The van der Waals surface area contributed by atoms with Crippen molar-refractivity contribution < 1.29 is 23.7 Å². The van der Waals surface area contributed by atoms with Crippen molar-refractivity contribution in [3.8, 4) is 0 Å². The number of rotatable bonds is 33. The highest BCUT2D eigenvalue weighted by molar-refractivity contribution is 5.79. The van der Waals surface area contributed by atoms with Crippen LogP contribution in [0.25, 0.3) is 0 Å². The van der Waals surface area contributed by atoms with Gasteiger partial charge in [0.05, 0.1) is 13.2 Å². The van der Waals surface area contributed by atoms with Gasteiger partial charge in [0.25, 0.3) is 5.79 Å². The predicted octanol–water partition coefficient (Wildman–Crippen LogP) is 10.9. The first kappa shape index (κ1) is 40.1. The van der Waals surface area contributed by atoms with Gasteiger partial charge in [-0.05, 0) is 25.7 Å². The van der Waals surface area contributed by atoms with Crippen LogP contribution < -0.4 is 0 Å². The average Bonchev–Trinajstić information content (AvgIpc) is 2.98. The van der Waals surface area contributed by atoms with Crippen LogP contribution in [0.15, 0.2) is 12.7 Å². The third-order valence-electron chi connectivity index (χ3n) is 7.81. The number of carbonyl (C=O) groups is 1. The smallest absolute Gasteiger partial charge is 0.370 e. The molecule has 0 rings (SSSR count). The van der Waals surface area contributed by atoms with E-state index in [1.54, 1.807) is 6.08 Å². The molecule has 0 aliphatic rings. The fraction of sp³-hybridized carbons (Fsp3) is 0.917. The van der Waals surface area contributed by atoms with Crippen LogP contribution in [-0.2, 0) is 23.7 Å². The molecule has 0 saturated carbocycles. The van der Waals surface area contributed by atoms with Gasteiger partial charge in [0.15, 0.2) is 0 Å². The van der Waals surface area contributed by atoms with E-state index in [1.807, 2.05) is 0 Å². The highest BCUT2D eigenvalue weighted by Crippen LogP contribution is 2.29. The Morgan fingerprint density at radius 1 is 0.585 bits per heavy atom. The van der Waals surface area contributed by atoms with Gasteiger partial charge in [0.2, 0.25) is 0 Å². The molecule has 0 aliphatic heterocycles. The van der Waals surface area contributed by atoms with E-state index in [1.165, 1.54) is 70.6 Å². The zero-order valence-corrected chi connectivity index (χ0v) is 28.0. The van der Waals surface area contributed by atoms with Gasteiger partial charge in [0.1, 0.15) is 12.7 Å². The number of unbranched alkanes of at least 4 members (excludes halogenated alkanes) is 18. The van der Waals surface area contributed by atoms with Gasteiger partial charge in [-0.15, -0.1) is 0 Å². The lowest BCUT2D eigenvalue weighted by Crippen LogP contribution is -2.56. The lowest BCUT2D eigenvalue weighted by atomic mass is 10.00. The Morgan fingerprint density at radius 2 is 0.976 bits per heavy atom. The quantitative estimate of drug-likeness (QED) is 0.0333. The van der Waals surface area contributed by atoms with Crippen LogP contribution in [0.5, 0.6) is 0 Å². The third-order valence-corrected chi connectivity index (χ3v) is 7.81. The summed E-state index contributed by atoms with van der Waals surface area (Å²) >= 11 is 0. The summed E-state index contributed by atoms with van der Waals surface area (Å²) in [7, 11) is 0. The van der Waals surface area contributed by atoms with Crippen LogP contribution in [0, 0.1) is 0 Å². The second-order valence-electron chi connectivity index (χ2n) is 11.8. The van der Waals surface area contributed by atoms with E-state index in [4.69, 9.17) is 18.9 Å². The highest BCUT2D eigenvalue weighted by atomic mass is 16.7. The Balaban J connectivity index is 5.16. The molecule has 0 aromatic carbocycles. The fourth-order valence-corrected chi connectivity index (χ4v) is 5.17. The molecule has 1 unspecified atom stereocenters. The lowest BCUT2D eigenvalue weighted by Gasteiger charge is -2.38. The summed E-state index contributed by atoms with van der Waals surface area (Å²) in [5.74, 6) is -1.99. The minimum Gasteiger partial charge on any atom is -0.457 e. The zero-order chi connectivity index (χ0) is 30.3. The summed E-state index contributed by atoms with van der Waals surface area (Å²) in [6, 6.07) is 0. The Labute approximate surface area is 255 Å². The first-order valence-electron chi connectivity index (χ1n) is 17.8. The molecule has 0 heterocycles. The molecule has 0 radical (unpaired) electrons. The Hall–Kier alpha value is -0.910. The minimum absolute atomic E-state index is 0.137. The van der Waals surface area contributed by atoms with Crippen LogP contribution in [0.2, 0.25) is 0 Å². The molecular weight excluding hydrogens is 512 g/mol. The van der Waals surface area contributed by atoms with E-state index >= 15 is 0 Å². The van der Waals surface area contributed by atoms with Crippen LogP contribution in [-0.4, -0.2) is 44.3 Å². The zero-order valence-electron chi connectivity index (χ0n) is 28.0. The van der Waals surface area contributed by atoms with Crippen molar-refractivity contribution in [1.29, 1.82) is 0 Å². The molecule has 0 bridgehead atoms. The number of carbonyl (C=O) groups excluding carboxylic acids is 1. The van der Waals surface area contributed by atoms with Crippen molar-refractivity contribution in [2.45, 2.75) is 187 Å². The Kier molecular flexibility index (Phi) is 29.9. The molecule has 0 aromatic rings. The fourth-order valence-electron chi connectivity index (χ4n) is 5.17. The largest absolute Gasteiger partial charge is 0.457 e. The predicted molar refractivity (Wildman–Crippen MR) is 174 cm³/mol. The summed E-state index contributed by atoms with van der Waals surface area (Å²) in [6.45, 7) is 14.2. The first-order valence-corrected chi connectivity index (χ1v) is 17.8. The normalized spacial score (nSPS) is 12.5. The summed E-state index contributed by atoms with van der Waals surface area (Å²) in [4.78, 5) is 13.6. The monoisotopic (exact) mass is 583 g/mol. The Bertz CT molecular complexity index is 552. The van der Waals surface area contributed by atoms with E-state index in [2.05, 4.69) is 34.3 Å². The van der Waals surface area contributed by atoms with Gasteiger partial charge in [-0.25, -0.2) is 4.79 Å². The van der Waals surface area contributed by atoms with E-state index in [9.17, 15) is 4.79 Å². The molecular formula is C36H70O5. The van der Waals surface area contributed by atoms with Gasteiger partial charge in [-0.3, -0.25) is 0 Å². The maximum absolute atomic E-state index is 13.6. The third kappa shape index (κ3) is 21.4. The average molecular weight is 583 g/mol. The van der Waals surface area contributed by atoms with Crippen molar-refractivity contribution in [1.82, 2.24) is 0 Å². The van der Waals surface area contributed by atoms with Gasteiger partial charge < -0.3 is 18.9 Å². The van der Waals surface area contributed by atoms with Crippen molar-refractivity contribution in [2.24, 2.45) is 0 Å². The molecule has 0 N–H and O–H groups in total. The molecule has 1 atom stereocenters. The maximum Gasteiger partial charge on any atom is 0.370 e. The van der Waals surface area contributed by atoms with Crippen molar-refractivity contribution >= 4 is 5.97 Å². The summed E-state index contributed by atoms with van der Waals surface area (Å²) in [5, 5.41) is 0. The molecule has 0 saturated heterocycles. The van der Waals surface area contributed by atoms with Crippen molar-refractivity contribution in [2.75, 3.05) is 26.4 Å². The lowest BCUT2D eigenvalue weighted by molar-refractivity contribution is -0.290. The molecule has 41 heavy (non-hydrogen) atoms. The van der Waals surface area contributed by atoms with Crippen molar-refractivity contribution in [3.05, 3.63) is 12.7 Å². The second-order valence-corrected chi connectivity index (χ2v) is 11.8. The van der Waals surface area contributed by atoms with Crippen LogP contribution in [0.3, 0.4) is 0 Å². The molecule has 5 nitrogen and oxygen atoms in total. The van der Waals surface area contributed by atoms with Crippen LogP contribution in [0.1, 0.15) is 175 Å². The number of esters is 1. The SMILES string of the molecule is C=CCOC(=O)C(OCCCCC)(OCCCCC)C(CCCCCCCCCCCCCCC)OCCCCC. The first-order chi connectivity index (χ1) is 20.1. The summed E-state index contributed by atoms with van der Waals surface area (Å²) < 4.78 is 24.9. The summed E-state index contributed by atoms with van der Waals surface area (Å²) in [6.07, 6.45) is 28.1. The molecule has 0 amide bonds. The summed E-state index contributed by atoms with van der Waals surface area (Å²) in [5.41, 5.74) is 0. The topological polar surface area (TPSA) is 54.0 Å². The van der Waals surface area contributed by atoms with Gasteiger partial charge in [-0.1, -0.05) is 162 Å². The van der Waals surface area contributed by atoms with Crippen molar-refractivity contribution in [3.63, 3.8) is 0 Å². The molecule has 0 fully saturated rings. The molecule has 0 aromatic heterocycles.